The van der Waals surface area contributed by atoms with Gasteiger partial charge in [0.1, 0.15) is 5.69 Å². The summed E-state index contributed by atoms with van der Waals surface area (Å²) >= 11 is 0. The van der Waals surface area contributed by atoms with E-state index in [4.69, 9.17) is 15.0 Å². The molecule has 0 amide bonds. The monoisotopic (exact) mass is 230 g/mol. The van der Waals surface area contributed by atoms with Crippen molar-refractivity contribution in [3.63, 3.8) is 0 Å². The Bertz CT molecular complexity index is 544. The van der Waals surface area contributed by atoms with Crippen LogP contribution < -0.4 is 5.73 Å². The van der Waals surface area contributed by atoms with Crippen LogP contribution in [0, 0.1) is 0 Å². The first-order valence-electron chi connectivity index (χ1n) is 5.62. The van der Waals surface area contributed by atoms with Crippen molar-refractivity contribution in [2.75, 3.05) is 12.8 Å². The highest BCUT2D eigenvalue weighted by atomic mass is 16.5. The van der Waals surface area contributed by atoms with Gasteiger partial charge in [-0.1, -0.05) is 23.4 Å². The zero-order valence-corrected chi connectivity index (χ0v) is 9.64. The first kappa shape index (κ1) is 10.4. The largest absolute Gasteiger partial charge is 0.374 e. The molecule has 1 aromatic heterocycles. The third-order valence-electron chi connectivity index (χ3n) is 3.31. The summed E-state index contributed by atoms with van der Waals surface area (Å²) in [5, 5.41) is 3.91. The maximum absolute atomic E-state index is 5.56. The molecule has 4 nitrogen and oxygen atoms in total. The van der Waals surface area contributed by atoms with Crippen molar-refractivity contribution in [3.8, 4) is 11.3 Å². The van der Waals surface area contributed by atoms with E-state index in [1.54, 1.807) is 13.2 Å². The lowest BCUT2D eigenvalue weighted by Gasteiger charge is -2.14. The van der Waals surface area contributed by atoms with Gasteiger partial charge in [0.05, 0.1) is 5.60 Å². The van der Waals surface area contributed by atoms with Crippen LogP contribution in [0.1, 0.15) is 18.4 Å². The summed E-state index contributed by atoms with van der Waals surface area (Å²) in [5.74, 6) is 0.332. The summed E-state index contributed by atoms with van der Waals surface area (Å²) in [7, 11) is 1.76. The minimum atomic E-state index is -0.0781. The third-order valence-corrected chi connectivity index (χ3v) is 3.31. The average Bonchev–Trinajstić information content (AvgIpc) is 3.06. The number of rotatable bonds is 3. The van der Waals surface area contributed by atoms with E-state index in [1.807, 2.05) is 12.1 Å². The maximum Gasteiger partial charge on any atom is 0.222 e. The van der Waals surface area contributed by atoms with Gasteiger partial charge >= 0.3 is 0 Å². The second-order valence-corrected chi connectivity index (χ2v) is 4.39. The highest BCUT2D eigenvalue weighted by Crippen LogP contribution is 2.49. The fourth-order valence-corrected chi connectivity index (χ4v) is 2.11. The van der Waals surface area contributed by atoms with Gasteiger partial charge in [0.2, 0.25) is 5.88 Å². The Morgan fingerprint density at radius 2 is 2.18 bits per heavy atom. The molecule has 1 heterocycles. The number of methoxy groups -OCH3 is 1. The maximum atomic E-state index is 5.56. The molecule has 1 aliphatic carbocycles. The van der Waals surface area contributed by atoms with Crippen LogP contribution in [0.15, 0.2) is 34.9 Å². The van der Waals surface area contributed by atoms with Crippen LogP contribution in [0.4, 0.5) is 5.88 Å². The van der Waals surface area contributed by atoms with E-state index in [2.05, 4.69) is 17.3 Å². The number of aromatic nitrogens is 1. The third kappa shape index (κ3) is 1.70. The zero-order chi connectivity index (χ0) is 11.9. The van der Waals surface area contributed by atoms with Crippen molar-refractivity contribution < 1.29 is 9.26 Å². The summed E-state index contributed by atoms with van der Waals surface area (Å²) in [6.45, 7) is 0. The summed E-state index contributed by atoms with van der Waals surface area (Å²) < 4.78 is 10.4. The molecule has 1 saturated carbocycles. The molecule has 0 atom stereocenters. The quantitative estimate of drug-likeness (QED) is 0.880. The van der Waals surface area contributed by atoms with Gasteiger partial charge in [-0.15, -0.1) is 0 Å². The number of nitrogens with two attached hydrogens (primary N) is 1. The molecule has 1 fully saturated rings. The van der Waals surface area contributed by atoms with E-state index in [0.29, 0.717) is 5.88 Å². The van der Waals surface area contributed by atoms with E-state index in [9.17, 15) is 0 Å². The van der Waals surface area contributed by atoms with Crippen LogP contribution in [0.5, 0.6) is 0 Å². The van der Waals surface area contributed by atoms with Crippen molar-refractivity contribution in [1.29, 1.82) is 0 Å². The molecule has 2 N–H and O–H groups in total. The summed E-state index contributed by atoms with van der Waals surface area (Å²) in [4.78, 5) is 0. The summed E-state index contributed by atoms with van der Waals surface area (Å²) in [5.41, 5.74) is 8.41. The molecule has 4 heteroatoms. The lowest BCUT2D eigenvalue weighted by molar-refractivity contribution is 0.0789. The number of nitrogens with zero attached hydrogens (tertiary/aromatic N) is 1. The first-order chi connectivity index (χ1) is 8.23. The van der Waals surface area contributed by atoms with E-state index in [0.717, 1.165) is 24.1 Å². The number of benzene rings is 1. The Hall–Kier alpha value is -1.81. The van der Waals surface area contributed by atoms with Gasteiger partial charge in [-0.05, 0) is 24.5 Å². The molecule has 0 bridgehead atoms. The minimum Gasteiger partial charge on any atom is -0.374 e. The molecule has 0 radical (unpaired) electrons. The van der Waals surface area contributed by atoms with Crippen molar-refractivity contribution in [3.05, 3.63) is 35.9 Å². The smallest absolute Gasteiger partial charge is 0.222 e. The molecule has 0 unspecified atom stereocenters. The molecule has 1 aliphatic rings. The van der Waals surface area contributed by atoms with Crippen LogP contribution in [0.25, 0.3) is 11.3 Å². The van der Waals surface area contributed by atoms with Gasteiger partial charge in [-0.3, -0.25) is 0 Å². The molecule has 0 spiro atoms. The van der Waals surface area contributed by atoms with Gasteiger partial charge < -0.3 is 15.0 Å². The number of hydrogen-bond donors (Lipinski definition) is 1. The average molecular weight is 230 g/mol. The predicted octanol–water partition coefficient (Wildman–Crippen LogP) is 2.56. The molecule has 0 saturated heterocycles. The van der Waals surface area contributed by atoms with Crippen molar-refractivity contribution in [2.45, 2.75) is 18.4 Å². The molecule has 2 aromatic rings. The lowest BCUT2D eigenvalue weighted by atomic mass is 10.0. The number of anilines is 1. The first-order valence-corrected chi connectivity index (χ1v) is 5.62. The van der Waals surface area contributed by atoms with Crippen LogP contribution >= 0.6 is 0 Å². The molecule has 3 rings (SSSR count). The SMILES string of the molecule is COC1(c2cccc(-c3cc(N)on3)c2)CC1. The second kappa shape index (κ2) is 3.60. The molecular weight excluding hydrogens is 216 g/mol. The topological polar surface area (TPSA) is 61.3 Å². The lowest BCUT2D eigenvalue weighted by Crippen LogP contribution is -2.08. The van der Waals surface area contributed by atoms with Gasteiger partial charge in [-0.2, -0.15) is 0 Å². The van der Waals surface area contributed by atoms with Gasteiger partial charge in [-0.25, -0.2) is 0 Å². The van der Waals surface area contributed by atoms with Crippen LogP contribution in [0.2, 0.25) is 0 Å². The standard InChI is InChI=1S/C13H14N2O2/c1-16-13(5-6-13)10-4-2-3-9(7-10)11-8-12(14)17-15-11/h2-4,7-8H,5-6,14H2,1H3. The Morgan fingerprint density at radius 3 is 2.76 bits per heavy atom. The highest BCUT2D eigenvalue weighted by Gasteiger charge is 2.44. The van der Waals surface area contributed by atoms with Crippen molar-refractivity contribution in [2.24, 2.45) is 0 Å². The van der Waals surface area contributed by atoms with E-state index in [-0.39, 0.29) is 5.60 Å². The fourth-order valence-electron chi connectivity index (χ4n) is 2.11. The zero-order valence-electron chi connectivity index (χ0n) is 9.64. The van der Waals surface area contributed by atoms with E-state index < -0.39 is 0 Å². The summed E-state index contributed by atoms with van der Waals surface area (Å²) in [6.07, 6.45) is 2.15. The number of hydrogen-bond acceptors (Lipinski definition) is 4. The van der Waals surface area contributed by atoms with Gasteiger partial charge in [0, 0.05) is 18.7 Å². The Labute approximate surface area is 99.4 Å². The molecule has 1 aromatic carbocycles. The van der Waals surface area contributed by atoms with E-state index in [1.165, 1.54) is 5.56 Å². The predicted molar refractivity (Wildman–Crippen MR) is 64.3 cm³/mol. The fraction of sp³-hybridized carbons (Fsp3) is 0.308. The van der Waals surface area contributed by atoms with Gasteiger partial charge in [0.25, 0.3) is 0 Å². The molecule has 0 aliphatic heterocycles. The second-order valence-electron chi connectivity index (χ2n) is 4.39. The van der Waals surface area contributed by atoms with Crippen LogP contribution in [0.3, 0.4) is 0 Å². The Kier molecular flexibility index (Phi) is 2.19. The summed E-state index contributed by atoms with van der Waals surface area (Å²) in [6, 6.07) is 9.91. The van der Waals surface area contributed by atoms with Gasteiger partial charge in [0.15, 0.2) is 0 Å². The molecule has 17 heavy (non-hydrogen) atoms. The molecule has 88 valence electrons. The molecular formula is C13H14N2O2. The van der Waals surface area contributed by atoms with E-state index >= 15 is 0 Å². The van der Waals surface area contributed by atoms with Crippen molar-refractivity contribution >= 4 is 5.88 Å². The Balaban J connectivity index is 2.00. The number of ether oxygens (including phenoxy) is 1. The Morgan fingerprint density at radius 1 is 1.35 bits per heavy atom. The van der Waals surface area contributed by atoms with Crippen LogP contribution in [-0.4, -0.2) is 12.3 Å². The van der Waals surface area contributed by atoms with Crippen molar-refractivity contribution in [1.82, 2.24) is 5.16 Å². The highest BCUT2D eigenvalue weighted by molar-refractivity contribution is 5.62. The number of nitrogen functional groups attached to an aromatic ring is 1. The van der Waals surface area contributed by atoms with Crippen LogP contribution in [-0.2, 0) is 10.3 Å². The minimum absolute atomic E-state index is 0.0781. The normalized spacial score (nSPS) is 17.0.